The largest absolute Gasteiger partial charge is 0.478 e. The second-order valence-electron chi connectivity index (χ2n) is 5.36. The molecule has 0 bridgehead atoms. The third-order valence-electron chi connectivity index (χ3n) is 3.11. The van der Waals surface area contributed by atoms with Gasteiger partial charge in [-0.25, -0.2) is 9.59 Å². The number of allylic oxidation sites excluding steroid dienone is 1. The van der Waals surface area contributed by atoms with Crippen LogP contribution in [-0.4, -0.2) is 23.7 Å². The normalized spacial score (nSPS) is 10.5. The van der Waals surface area contributed by atoms with E-state index in [1.807, 2.05) is 19.9 Å². The number of unbranched alkanes of at least 4 members (excludes halogenated alkanes) is 5. The standard InChI is InChI=1S/C13H24O2.C6H10O2/c1-3-5-6-7-8-9-11-12(10-4-2)13(14)15;1-3-5-8-6(7)4-2/h11H,3-10H2,1-2H3,(H,14,15);4H,2-3,5H2,1H3. The van der Waals surface area contributed by atoms with Gasteiger partial charge in [0.05, 0.1) is 6.61 Å². The van der Waals surface area contributed by atoms with Crippen LogP contribution in [-0.2, 0) is 14.3 Å². The molecule has 0 atom stereocenters. The van der Waals surface area contributed by atoms with E-state index in [1.165, 1.54) is 25.7 Å². The van der Waals surface area contributed by atoms with Crippen molar-refractivity contribution in [3.8, 4) is 0 Å². The molecule has 23 heavy (non-hydrogen) atoms. The Morgan fingerprint density at radius 3 is 2.13 bits per heavy atom. The summed E-state index contributed by atoms with van der Waals surface area (Å²) >= 11 is 0. The Bertz CT molecular complexity index is 345. The third-order valence-corrected chi connectivity index (χ3v) is 3.11. The Morgan fingerprint density at radius 1 is 1.00 bits per heavy atom. The first-order chi connectivity index (χ1) is 11.0. The molecule has 1 N–H and O–H groups in total. The Kier molecular flexibility index (Phi) is 19.0. The zero-order valence-electron chi connectivity index (χ0n) is 15.1. The van der Waals surface area contributed by atoms with Gasteiger partial charge in [0.25, 0.3) is 0 Å². The van der Waals surface area contributed by atoms with Crippen molar-refractivity contribution in [2.75, 3.05) is 6.61 Å². The molecule has 0 aliphatic heterocycles. The summed E-state index contributed by atoms with van der Waals surface area (Å²) in [5.41, 5.74) is 0.591. The van der Waals surface area contributed by atoms with E-state index in [2.05, 4.69) is 18.2 Å². The maximum atomic E-state index is 10.8. The van der Waals surface area contributed by atoms with Crippen molar-refractivity contribution in [3.63, 3.8) is 0 Å². The summed E-state index contributed by atoms with van der Waals surface area (Å²) in [5.74, 6) is -1.09. The van der Waals surface area contributed by atoms with E-state index < -0.39 is 5.97 Å². The average Bonchev–Trinajstić information content (AvgIpc) is 2.55. The van der Waals surface area contributed by atoms with E-state index in [1.54, 1.807) is 0 Å². The molecule has 0 aliphatic carbocycles. The first-order valence-corrected chi connectivity index (χ1v) is 8.74. The van der Waals surface area contributed by atoms with Crippen molar-refractivity contribution >= 4 is 11.9 Å². The summed E-state index contributed by atoms with van der Waals surface area (Å²) in [7, 11) is 0. The van der Waals surface area contributed by atoms with E-state index in [-0.39, 0.29) is 5.97 Å². The van der Waals surface area contributed by atoms with Crippen LogP contribution in [0.5, 0.6) is 0 Å². The molecule has 0 unspecified atom stereocenters. The highest BCUT2D eigenvalue weighted by atomic mass is 16.5. The molecule has 0 aromatic rings. The quantitative estimate of drug-likeness (QED) is 0.301. The minimum Gasteiger partial charge on any atom is -0.478 e. The van der Waals surface area contributed by atoms with Crippen LogP contribution in [0.2, 0.25) is 0 Å². The van der Waals surface area contributed by atoms with E-state index in [0.29, 0.717) is 18.6 Å². The molecule has 0 rings (SSSR count). The second-order valence-corrected chi connectivity index (χ2v) is 5.36. The number of hydrogen-bond donors (Lipinski definition) is 1. The first kappa shape index (κ1) is 23.7. The van der Waals surface area contributed by atoms with Crippen molar-refractivity contribution in [1.82, 2.24) is 0 Å². The Morgan fingerprint density at radius 2 is 1.65 bits per heavy atom. The van der Waals surface area contributed by atoms with Gasteiger partial charge in [-0.1, -0.05) is 65.5 Å². The molecule has 0 aliphatic rings. The van der Waals surface area contributed by atoms with Gasteiger partial charge in [0.15, 0.2) is 0 Å². The predicted molar refractivity (Wildman–Crippen MR) is 95.4 cm³/mol. The first-order valence-electron chi connectivity index (χ1n) is 8.74. The van der Waals surface area contributed by atoms with Gasteiger partial charge in [0.2, 0.25) is 0 Å². The summed E-state index contributed by atoms with van der Waals surface area (Å²) in [4.78, 5) is 21.0. The SMILES string of the molecule is C=CC(=O)OCCC.CCCCCCCC=C(CCC)C(=O)O. The number of ether oxygens (including phenoxy) is 1. The summed E-state index contributed by atoms with van der Waals surface area (Å²) in [6.07, 6.45) is 12.6. The molecule has 0 radical (unpaired) electrons. The highest BCUT2D eigenvalue weighted by Gasteiger charge is 2.04. The van der Waals surface area contributed by atoms with Crippen molar-refractivity contribution in [2.24, 2.45) is 0 Å². The van der Waals surface area contributed by atoms with Crippen molar-refractivity contribution < 1.29 is 19.4 Å². The molecule has 4 nitrogen and oxygen atoms in total. The molecule has 4 heteroatoms. The maximum Gasteiger partial charge on any atom is 0.331 e. The molecule has 134 valence electrons. The molecular weight excluding hydrogens is 292 g/mol. The molecule has 0 spiro atoms. The van der Waals surface area contributed by atoms with E-state index in [4.69, 9.17) is 5.11 Å². The number of hydrogen-bond acceptors (Lipinski definition) is 3. The smallest absolute Gasteiger partial charge is 0.331 e. The van der Waals surface area contributed by atoms with E-state index in [9.17, 15) is 9.59 Å². The Hall–Kier alpha value is -1.58. The van der Waals surface area contributed by atoms with E-state index in [0.717, 1.165) is 31.8 Å². The molecule has 0 fully saturated rings. The summed E-state index contributed by atoms with van der Waals surface area (Å²) in [6, 6.07) is 0. The zero-order valence-corrected chi connectivity index (χ0v) is 15.1. The lowest BCUT2D eigenvalue weighted by Gasteiger charge is -2.00. The number of carboxylic acids is 1. The molecule has 0 saturated heterocycles. The monoisotopic (exact) mass is 326 g/mol. The van der Waals surface area contributed by atoms with Crippen molar-refractivity contribution in [1.29, 1.82) is 0 Å². The van der Waals surface area contributed by atoms with Crippen molar-refractivity contribution in [2.45, 2.75) is 78.6 Å². The lowest BCUT2D eigenvalue weighted by Crippen LogP contribution is -2.00. The zero-order chi connectivity index (χ0) is 17.9. The van der Waals surface area contributed by atoms with Crippen LogP contribution in [0.4, 0.5) is 0 Å². The fraction of sp³-hybridized carbons (Fsp3) is 0.684. The van der Waals surface area contributed by atoms with Crippen LogP contribution in [0.3, 0.4) is 0 Å². The fourth-order valence-corrected chi connectivity index (χ4v) is 1.85. The minimum atomic E-state index is -0.745. The third kappa shape index (κ3) is 18.4. The number of carboxylic acid groups (broad SMARTS) is 1. The number of esters is 1. The van der Waals surface area contributed by atoms with Crippen LogP contribution in [0, 0.1) is 0 Å². The van der Waals surface area contributed by atoms with Crippen LogP contribution in [0.15, 0.2) is 24.3 Å². The van der Waals surface area contributed by atoms with Gasteiger partial charge in [-0.2, -0.15) is 0 Å². The number of carbonyl (C=O) groups is 2. The van der Waals surface area contributed by atoms with Crippen LogP contribution in [0.1, 0.15) is 78.6 Å². The van der Waals surface area contributed by atoms with Gasteiger partial charge in [0, 0.05) is 11.6 Å². The highest BCUT2D eigenvalue weighted by Crippen LogP contribution is 2.10. The second kappa shape index (κ2) is 18.5. The summed E-state index contributed by atoms with van der Waals surface area (Å²) in [6.45, 7) is 9.88. The maximum absolute atomic E-state index is 10.8. The lowest BCUT2D eigenvalue weighted by atomic mass is 10.1. The minimum absolute atomic E-state index is 0.341. The van der Waals surface area contributed by atoms with Gasteiger partial charge < -0.3 is 9.84 Å². The van der Waals surface area contributed by atoms with Gasteiger partial charge in [-0.05, 0) is 25.7 Å². The van der Waals surface area contributed by atoms with Gasteiger partial charge in [-0.3, -0.25) is 0 Å². The molecule has 0 amide bonds. The molecule has 0 aromatic heterocycles. The highest BCUT2D eigenvalue weighted by molar-refractivity contribution is 5.86. The van der Waals surface area contributed by atoms with Gasteiger partial charge in [-0.15, -0.1) is 0 Å². The van der Waals surface area contributed by atoms with Crippen LogP contribution in [0.25, 0.3) is 0 Å². The van der Waals surface area contributed by atoms with E-state index >= 15 is 0 Å². The van der Waals surface area contributed by atoms with Gasteiger partial charge >= 0.3 is 11.9 Å². The molecule has 0 aromatic carbocycles. The number of rotatable bonds is 12. The van der Waals surface area contributed by atoms with Crippen LogP contribution < -0.4 is 0 Å². The average molecular weight is 326 g/mol. The number of carbonyl (C=O) groups excluding carboxylic acids is 1. The summed E-state index contributed by atoms with van der Waals surface area (Å²) < 4.78 is 4.58. The van der Waals surface area contributed by atoms with Gasteiger partial charge in [0.1, 0.15) is 0 Å². The topological polar surface area (TPSA) is 63.6 Å². The number of aliphatic carboxylic acids is 1. The molecule has 0 saturated carbocycles. The fourth-order valence-electron chi connectivity index (χ4n) is 1.85. The predicted octanol–water partition coefficient (Wildman–Crippen LogP) is 5.28. The molecule has 0 heterocycles. The molecular formula is C19H34O4. The summed E-state index contributed by atoms with van der Waals surface area (Å²) in [5, 5.41) is 8.88. The van der Waals surface area contributed by atoms with Crippen molar-refractivity contribution in [3.05, 3.63) is 24.3 Å². The lowest BCUT2D eigenvalue weighted by molar-refractivity contribution is -0.137. The van der Waals surface area contributed by atoms with Crippen LogP contribution >= 0.6 is 0 Å². The Balaban J connectivity index is 0. The Labute approximate surface area is 141 Å².